The monoisotopic (exact) mass is 404 g/mol. The first-order valence-corrected chi connectivity index (χ1v) is 10.2. The van der Waals surface area contributed by atoms with Crippen LogP contribution in [0.15, 0.2) is 54.9 Å². The average Bonchev–Trinajstić information content (AvgIpc) is 2.73. The van der Waals surface area contributed by atoms with E-state index < -0.39 is 0 Å². The largest absolute Gasteiger partial charge is 0.340 e. The van der Waals surface area contributed by atoms with E-state index in [1.165, 1.54) is 12.1 Å². The van der Waals surface area contributed by atoms with Gasteiger partial charge in [-0.05, 0) is 67.6 Å². The van der Waals surface area contributed by atoms with Crippen LogP contribution < -0.4 is 10.2 Å². The van der Waals surface area contributed by atoms with Crippen LogP contribution in [-0.2, 0) is 4.79 Å². The normalized spacial score (nSPS) is 16.4. The third-order valence-electron chi connectivity index (χ3n) is 5.36. The van der Waals surface area contributed by atoms with Gasteiger partial charge < -0.3 is 10.2 Å². The van der Waals surface area contributed by atoms with E-state index in [-0.39, 0.29) is 17.6 Å². The number of nitrogens with zero attached hydrogens (tertiary/aromatic N) is 3. The number of rotatable bonds is 4. The molecular formula is C24H25FN4O. The zero-order valence-electron chi connectivity index (χ0n) is 17.2. The molecule has 2 aromatic carbocycles. The molecule has 4 rings (SSSR count). The highest BCUT2D eigenvalue weighted by molar-refractivity contribution is 5.93. The molecule has 154 valence electrons. The number of benzene rings is 2. The fraction of sp³-hybridized carbons (Fsp3) is 0.292. The summed E-state index contributed by atoms with van der Waals surface area (Å²) in [5.74, 6) is 0.219. The molecule has 1 aliphatic heterocycles. The van der Waals surface area contributed by atoms with Crippen LogP contribution >= 0.6 is 0 Å². The number of hydrogen-bond acceptors (Lipinski definition) is 4. The van der Waals surface area contributed by atoms with Crippen molar-refractivity contribution in [3.63, 3.8) is 0 Å². The molecule has 1 fully saturated rings. The minimum absolute atomic E-state index is 0.0288. The number of amides is 1. The minimum atomic E-state index is -0.287. The van der Waals surface area contributed by atoms with Crippen LogP contribution in [0.3, 0.4) is 0 Å². The Morgan fingerprint density at radius 3 is 2.50 bits per heavy atom. The Kier molecular flexibility index (Phi) is 5.74. The SMILES string of the molecule is Cc1cc(C)cc(NC(=O)C2CCCN(c3ncc(-c4cccc(F)c4)cn3)C2)c1. The van der Waals surface area contributed by atoms with Gasteiger partial charge in [0.15, 0.2) is 0 Å². The van der Waals surface area contributed by atoms with E-state index in [1.54, 1.807) is 18.5 Å². The molecule has 1 atom stereocenters. The molecular weight excluding hydrogens is 379 g/mol. The smallest absolute Gasteiger partial charge is 0.229 e. The van der Waals surface area contributed by atoms with E-state index in [2.05, 4.69) is 21.4 Å². The minimum Gasteiger partial charge on any atom is -0.340 e. The lowest BCUT2D eigenvalue weighted by atomic mass is 9.97. The van der Waals surface area contributed by atoms with Gasteiger partial charge in [-0.3, -0.25) is 4.79 Å². The van der Waals surface area contributed by atoms with Crippen LogP contribution in [0.1, 0.15) is 24.0 Å². The summed E-state index contributed by atoms with van der Waals surface area (Å²) < 4.78 is 13.5. The summed E-state index contributed by atoms with van der Waals surface area (Å²) in [7, 11) is 0. The zero-order valence-corrected chi connectivity index (χ0v) is 17.2. The summed E-state index contributed by atoms with van der Waals surface area (Å²) >= 11 is 0. The maximum atomic E-state index is 13.5. The van der Waals surface area contributed by atoms with E-state index in [0.717, 1.165) is 47.3 Å². The molecule has 6 heteroatoms. The van der Waals surface area contributed by atoms with Crippen LogP contribution in [-0.4, -0.2) is 29.0 Å². The van der Waals surface area contributed by atoms with Crippen molar-refractivity contribution in [1.82, 2.24) is 9.97 Å². The lowest BCUT2D eigenvalue weighted by Gasteiger charge is -2.32. The molecule has 1 saturated heterocycles. The van der Waals surface area contributed by atoms with Gasteiger partial charge in [-0.25, -0.2) is 14.4 Å². The maximum Gasteiger partial charge on any atom is 0.229 e. The number of nitrogens with one attached hydrogen (secondary N) is 1. The first-order chi connectivity index (χ1) is 14.5. The van der Waals surface area contributed by atoms with Crippen molar-refractivity contribution in [2.45, 2.75) is 26.7 Å². The molecule has 0 spiro atoms. The van der Waals surface area contributed by atoms with E-state index >= 15 is 0 Å². The second-order valence-electron chi connectivity index (χ2n) is 7.93. The molecule has 0 saturated carbocycles. The summed E-state index contributed by atoms with van der Waals surface area (Å²) in [6.07, 6.45) is 5.15. The fourth-order valence-corrected chi connectivity index (χ4v) is 3.97. The number of aromatic nitrogens is 2. The summed E-state index contributed by atoms with van der Waals surface area (Å²) in [5.41, 5.74) is 4.60. The van der Waals surface area contributed by atoms with E-state index in [0.29, 0.717) is 12.5 Å². The predicted molar refractivity (Wildman–Crippen MR) is 117 cm³/mol. The molecule has 1 aliphatic rings. The van der Waals surface area contributed by atoms with E-state index in [1.807, 2.05) is 36.9 Å². The lowest BCUT2D eigenvalue weighted by Crippen LogP contribution is -2.41. The third kappa shape index (κ3) is 4.64. The molecule has 3 aromatic rings. The highest BCUT2D eigenvalue weighted by atomic mass is 19.1. The maximum absolute atomic E-state index is 13.5. The standard InChI is InChI=1S/C24H25FN4O/c1-16-9-17(2)11-22(10-16)28-23(30)19-6-4-8-29(15-19)24-26-13-20(14-27-24)18-5-3-7-21(25)12-18/h3,5,7,9-14,19H,4,6,8,15H2,1-2H3,(H,28,30). The molecule has 1 amide bonds. The van der Waals surface area contributed by atoms with Gasteiger partial charge in [0, 0.05) is 36.7 Å². The van der Waals surface area contributed by atoms with Crippen LogP contribution in [0.2, 0.25) is 0 Å². The van der Waals surface area contributed by atoms with Gasteiger partial charge in [-0.1, -0.05) is 18.2 Å². The number of anilines is 2. The second kappa shape index (κ2) is 8.61. The molecule has 5 nitrogen and oxygen atoms in total. The Hall–Kier alpha value is -3.28. The van der Waals surface area contributed by atoms with Crippen LogP contribution in [0.5, 0.6) is 0 Å². The van der Waals surface area contributed by atoms with Crippen LogP contribution in [0, 0.1) is 25.6 Å². The van der Waals surface area contributed by atoms with Gasteiger partial charge in [0.05, 0.1) is 5.92 Å². The first kappa shape index (κ1) is 20.0. The Morgan fingerprint density at radius 2 is 1.80 bits per heavy atom. The van der Waals surface area contributed by atoms with Crippen LogP contribution in [0.4, 0.5) is 16.0 Å². The van der Waals surface area contributed by atoms with Crippen molar-refractivity contribution in [3.05, 3.63) is 71.8 Å². The van der Waals surface area contributed by atoms with Gasteiger partial charge in [0.25, 0.3) is 0 Å². The Labute approximate surface area is 176 Å². The van der Waals surface area contributed by atoms with Gasteiger partial charge in [-0.2, -0.15) is 0 Å². The molecule has 1 N–H and O–H groups in total. The van der Waals surface area contributed by atoms with Gasteiger partial charge in [-0.15, -0.1) is 0 Å². The quantitative estimate of drug-likeness (QED) is 0.681. The molecule has 1 aromatic heterocycles. The molecule has 0 radical (unpaired) electrons. The van der Waals surface area contributed by atoms with E-state index in [4.69, 9.17) is 0 Å². The van der Waals surface area contributed by atoms with Crippen molar-refractivity contribution >= 4 is 17.5 Å². The Bertz CT molecular complexity index is 1030. The van der Waals surface area contributed by atoms with Gasteiger partial charge in [0.2, 0.25) is 11.9 Å². The van der Waals surface area contributed by atoms with Crippen LogP contribution in [0.25, 0.3) is 11.1 Å². The number of piperidine rings is 1. The Morgan fingerprint density at radius 1 is 1.07 bits per heavy atom. The number of hydrogen-bond donors (Lipinski definition) is 1. The van der Waals surface area contributed by atoms with Crippen molar-refractivity contribution in [1.29, 1.82) is 0 Å². The topological polar surface area (TPSA) is 58.1 Å². The third-order valence-corrected chi connectivity index (χ3v) is 5.36. The second-order valence-corrected chi connectivity index (χ2v) is 7.93. The molecule has 30 heavy (non-hydrogen) atoms. The van der Waals surface area contributed by atoms with Gasteiger partial charge >= 0.3 is 0 Å². The summed E-state index contributed by atoms with van der Waals surface area (Å²) in [6.45, 7) is 5.44. The van der Waals surface area contributed by atoms with Crippen molar-refractivity contribution in [2.75, 3.05) is 23.3 Å². The molecule has 0 aliphatic carbocycles. The number of halogens is 1. The molecule has 0 bridgehead atoms. The lowest BCUT2D eigenvalue weighted by molar-refractivity contribution is -0.120. The van der Waals surface area contributed by atoms with Crippen molar-refractivity contribution in [2.24, 2.45) is 5.92 Å². The average molecular weight is 404 g/mol. The molecule has 2 heterocycles. The highest BCUT2D eigenvalue weighted by Crippen LogP contribution is 2.24. The fourth-order valence-electron chi connectivity index (χ4n) is 3.97. The first-order valence-electron chi connectivity index (χ1n) is 10.2. The van der Waals surface area contributed by atoms with Gasteiger partial charge in [0.1, 0.15) is 5.82 Å². The summed E-state index contributed by atoms with van der Waals surface area (Å²) in [6, 6.07) is 12.4. The number of aryl methyl sites for hydroxylation is 2. The van der Waals surface area contributed by atoms with E-state index in [9.17, 15) is 9.18 Å². The number of carbonyl (C=O) groups excluding carboxylic acids is 1. The summed E-state index contributed by atoms with van der Waals surface area (Å²) in [5, 5.41) is 3.06. The summed E-state index contributed by atoms with van der Waals surface area (Å²) in [4.78, 5) is 23.8. The number of carbonyl (C=O) groups is 1. The predicted octanol–water partition coefficient (Wildman–Crippen LogP) is 4.75. The van der Waals surface area contributed by atoms with Crippen molar-refractivity contribution < 1.29 is 9.18 Å². The molecule has 1 unspecified atom stereocenters. The Balaban J connectivity index is 1.44. The zero-order chi connectivity index (χ0) is 21.1. The highest BCUT2D eigenvalue weighted by Gasteiger charge is 2.27. The van der Waals surface area contributed by atoms with Crippen molar-refractivity contribution in [3.8, 4) is 11.1 Å².